The molecule has 0 aliphatic rings. The molecule has 0 saturated carbocycles. The molecule has 0 aliphatic heterocycles. The first-order valence-electron chi connectivity index (χ1n) is 11.0. The molecule has 7 heteroatoms. The number of methoxy groups -OCH3 is 1. The molecule has 0 atom stereocenters. The summed E-state index contributed by atoms with van der Waals surface area (Å²) in [4.78, 5) is 35.0. The van der Waals surface area contributed by atoms with Crippen LogP contribution in [-0.4, -0.2) is 31.6 Å². The van der Waals surface area contributed by atoms with Crippen molar-refractivity contribution in [3.63, 3.8) is 0 Å². The van der Waals surface area contributed by atoms with Crippen molar-refractivity contribution in [3.05, 3.63) is 91.0 Å². The molecule has 0 unspecified atom stereocenters. The van der Waals surface area contributed by atoms with Gasteiger partial charge in [0.25, 0.3) is 0 Å². The summed E-state index contributed by atoms with van der Waals surface area (Å²) in [5.74, 6) is -0.403. The molecule has 0 aliphatic carbocycles. The number of hydrogen-bond donors (Lipinski definition) is 0. The number of carbonyl (C=O) groups excluding carboxylic acids is 3. The van der Waals surface area contributed by atoms with Gasteiger partial charge in [-0.3, -0.25) is 0 Å². The van der Waals surface area contributed by atoms with Crippen LogP contribution in [0.5, 0.6) is 17.2 Å². The summed E-state index contributed by atoms with van der Waals surface area (Å²) in [7, 11) is 1.59. The quantitative estimate of drug-likeness (QED) is 0.223. The van der Waals surface area contributed by atoms with Crippen LogP contribution in [0.3, 0.4) is 0 Å². The van der Waals surface area contributed by atoms with E-state index >= 15 is 0 Å². The SMILES string of the molecule is C=C(C)C(=O)OCC(=O)Oc1ccc(-c2ccc(-c3ccc(OC(=O)C(=C)C)cc3)c(OC)c2)cc1. The van der Waals surface area contributed by atoms with E-state index in [9.17, 15) is 14.4 Å². The Labute approximate surface area is 209 Å². The topological polar surface area (TPSA) is 88.1 Å². The van der Waals surface area contributed by atoms with Crippen molar-refractivity contribution >= 4 is 17.9 Å². The molecule has 3 rings (SSSR count). The third-order valence-corrected chi connectivity index (χ3v) is 5.01. The summed E-state index contributed by atoms with van der Waals surface area (Å²) in [5, 5.41) is 0. The molecule has 0 amide bonds. The molecule has 0 N–H and O–H groups in total. The van der Waals surface area contributed by atoms with Crippen molar-refractivity contribution in [2.24, 2.45) is 0 Å². The minimum atomic E-state index is -0.691. The Morgan fingerprint density at radius 2 is 1.22 bits per heavy atom. The van der Waals surface area contributed by atoms with Gasteiger partial charge in [-0.15, -0.1) is 0 Å². The molecule has 0 aromatic heterocycles. The predicted octanol–water partition coefficient (Wildman–Crippen LogP) is 5.54. The molecule has 7 nitrogen and oxygen atoms in total. The summed E-state index contributed by atoms with van der Waals surface area (Å²) >= 11 is 0. The molecule has 0 heterocycles. The Morgan fingerprint density at radius 3 is 1.78 bits per heavy atom. The second kappa shape index (κ2) is 11.7. The van der Waals surface area contributed by atoms with E-state index in [1.807, 2.05) is 42.5 Å². The van der Waals surface area contributed by atoms with E-state index < -0.39 is 24.5 Å². The lowest BCUT2D eigenvalue weighted by Crippen LogP contribution is -2.18. The van der Waals surface area contributed by atoms with Crippen molar-refractivity contribution < 1.29 is 33.3 Å². The summed E-state index contributed by atoms with van der Waals surface area (Å²) < 4.78 is 20.8. The lowest BCUT2D eigenvalue weighted by Gasteiger charge is -2.12. The van der Waals surface area contributed by atoms with Crippen molar-refractivity contribution in [2.75, 3.05) is 13.7 Å². The first-order chi connectivity index (χ1) is 17.2. The van der Waals surface area contributed by atoms with Gasteiger partial charge in [0.05, 0.1) is 7.11 Å². The molecule has 0 radical (unpaired) electrons. The number of benzene rings is 3. The zero-order chi connectivity index (χ0) is 26.2. The molecule has 0 bridgehead atoms. The maximum Gasteiger partial charge on any atom is 0.349 e. The van der Waals surface area contributed by atoms with Crippen LogP contribution in [0, 0.1) is 0 Å². The van der Waals surface area contributed by atoms with Crippen LogP contribution in [0.4, 0.5) is 0 Å². The summed E-state index contributed by atoms with van der Waals surface area (Å²) in [5.41, 5.74) is 4.07. The monoisotopic (exact) mass is 486 g/mol. The van der Waals surface area contributed by atoms with Crippen LogP contribution in [0.2, 0.25) is 0 Å². The third-order valence-electron chi connectivity index (χ3n) is 5.01. The summed E-state index contributed by atoms with van der Waals surface area (Å²) in [6.45, 7) is 9.62. The number of carbonyl (C=O) groups is 3. The van der Waals surface area contributed by atoms with Gasteiger partial charge in [0.15, 0.2) is 6.61 Å². The first kappa shape index (κ1) is 26.0. The molecule has 0 spiro atoms. The van der Waals surface area contributed by atoms with Gasteiger partial charge < -0.3 is 18.9 Å². The lowest BCUT2D eigenvalue weighted by molar-refractivity contribution is -0.150. The van der Waals surface area contributed by atoms with Gasteiger partial charge in [-0.05, 0) is 60.9 Å². The molecule has 3 aromatic carbocycles. The summed E-state index contributed by atoms with van der Waals surface area (Å²) in [6, 6.07) is 19.8. The Hall–Kier alpha value is -4.65. The number of hydrogen-bond acceptors (Lipinski definition) is 7. The molecule has 3 aromatic rings. The van der Waals surface area contributed by atoms with Crippen LogP contribution >= 0.6 is 0 Å². The number of esters is 3. The van der Waals surface area contributed by atoms with E-state index in [0.717, 1.165) is 22.3 Å². The van der Waals surface area contributed by atoms with E-state index in [4.69, 9.17) is 18.9 Å². The highest BCUT2D eigenvalue weighted by molar-refractivity contribution is 5.89. The predicted molar refractivity (Wildman–Crippen MR) is 136 cm³/mol. The number of ether oxygens (including phenoxy) is 4. The van der Waals surface area contributed by atoms with Gasteiger partial charge in [-0.25, -0.2) is 14.4 Å². The number of rotatable bonds is 9. The van der Waals surface area contributed by atoms with Gasteiger partial charge in [0, 0.05) is 16.7 Å². The Bertz CT molecular complexity index is 1300. The zero-order valence-corrected chi connectivity index (χ0v) is 20.3. The van der Waals surface area contributed by atoms with E-state index in [0.29, 0.717) is 22.8 Å². The van der Waals surface area contributed by atoms with Crippen LogP contribution < -0.4 is 14.2 Å². The minimum Gasteiger partial charge on any atom is -0.496 e. The maximum atomic E-state index is 11.9. The largest absolute Gasteiger partial charge is 0.496 e. The van der Waals surface area contributed by atoms with E-state index in [1.165, 1.54) is 6.92 Å². The van der Waals surface area contributed by atoms with Crippen molar-refractivity contribution in [2.45, 2.75) is 13.8 Å². The van der Waals surface area contributed by atoms with Gasteiger partial charge >= 0.3 is 17.9 Å². The average Bonchev–Trinajstić information content (AvgIpc) is 2.87. The van der Waals surface area contributed by atoms with Crippen LogP contribution in [0.25, 0.3) is 22.3 Å². The second-order valence-corrected chi connectivity index (χ2v) is 7.96. The maximum absolute atomic E-state index is 11.9. The van der Waals surface area contributed by atoms with Crippen LogP contribution in [0.15, 0.2) is 91.0 Å². The van der Waals surface area contributed by atoms with E-state index in [2.05, 4.69) is 13.2 Å². The standard InChI is InChI=1S/C29H26O7/c1-18(2)28(31)34-17-27(30)35-23-11-6-20(7-12-23)22-10-15-25(26(16-22)33-5)21-8-13-24(14-9-21)36-29(32)19(3)4/h6-16H,1,3,17H2,2,4-5H3. The van der Waals surface area contributed by atoms with Crippen molar-refractivity contribution in [1.29, 1.82) is 0 Å². The first-order valence-corrected chi connectivity index (χ1v) is 11.0. The minimum absolute atomic E-state index is 0.203. The van der Waals surface area contributed by atoms with E-state index in [-0.39, 0.29) is 5.57 Å². The highest BCUT2D eigenvalue weighted by Crippen LogP contribution is 2.35. The van der Waals surface area contributed by atoms with Gasteiger partial charge in [-0.1, -0.05) is 49.6 Å². The molecule has 0 saturated heterocycles. The van der Waals surface area contributed by atoms with Crippen LogP contribution in [-0.2, 0) is 19.1 Å². The summed E-state index contributed by atoms with van der Waals surface area (Å²) in [6.07, 6.45) is 0. The third kappa shape index (κ3) is 6.70. The zero-order valence-electron chi connectivity index (χ0n) is 20.3. The Kier molecular flexibility index (Phi) is 8.41. The smallest absolute Gasteiger partial charge is 0.349 e. The van der Waals surface area contributed by atoms with E-state index in [1.54, 1.807) is 38.3 Å². The van der Waals surface area contributed by atoms with Gasteiger partial charge in [-0.2, -0.15) is 0 Å². The molecule has 0 fully saturated rings. The normalized spacial score (nSPS) is 10.2. The van der Waals surface area contributed by atoms with Crippen molar-refractivity contribution in [3.8, 4) is 39.5 Å². The Balaban J connectivity index is 1.71. The lowest BCUT2D eigenvalue weighted by atomic mass is 9.99. The molecular formula is C29H26O7. The fourth-order valence-electron chi connectivity index (χ4n) is 3.13. The fourth-order valence-corrected chi connectivity index (χ4v) is 3.13. The highest BCUT2D eigenvalue weighted by Gasteiger charge is 2.12. The molecular weight excluding hydrogens is 460 g/mol. The second-order valence-electron chi connectivity index (χ2n) is 7.96. The van der Waals surface area contributed by atoms with Gasteiger partial charge in [0.1, 0.15) is 17.2 Å². The molecule has 184 valence electrons. The van der Waals surface area contributed by atoms with Crippen LogP contribution in [0.1, 0.15) is 13.8 Å². The average molecular weight is 487 g/mol. The highest BCUT2D eigenvalue weighted by atomic mass is 16.6. The molecule has 36 heavy (non-hydrogen) atoms. The van der Waals surface area contributed by atoms with Crippen molar-refractivity contribution in [1.82, 2.24) is 0 Å². The van der Waals surface area contributed by atoms with Gasteiger partial charge in [0.2, 0.25) is 0 Å². The fraction of sp³-hybridized carbons (Fsp3) is 0.138. The Morgan fingerprint density at radius 1 is 0.694 bits per heavy atom.